The third kappa shape index (κ3) is 2.81. The van der Waals surface area contributed by atoms with E-state index in [2.05, 4.69) is 25.9 Å². The third-order valence-corrected chi connectivity index (χ3v) is 4.98. The number of benzene rings is 1. The first-order valence-corrected chi connectivity index (χ1v) is 8.69. The zero-order chi connectivity index (χ0) is 18.5. The van der Waals surface area contributed by atoms with Crippen molar-refractivity contribution in [2.45, 2.75) is 26.7 Å². The van der Waals surface area contributed by atoms with Crippen LogP contribution in [0.25, 0.3) is 16.6 Å². The lowest BCUT2D eigenvalue weighted by Gasteiger charge is -2.18. The number of pyridine rings is 1. The lowest BCUT2D eigenvalue weighted by atomic mass is 10.0. The Hall–Kier alpha value is -1.99. The molecule has 0 saturated heterocycles. The largest absolute Gasteiger partial charge is 0.333 e. The van der Waals surface area contributed by atoms with E-state index in [1.165, 1.54) is 10.6 Å². The number of H-pyrrole nitrogens is 1. The lowest BCUT2D eigenvalue weighted by molar-refractivity contribution is 0.623. The average molecular weight is 427 g/mol. The van der Waals surface area contributed by atoms with Gasteiger partial charge in [0.05, 0.1) is 31.8 Å². The Kier molecular flexibility index (Phi) is 4.55. The fourth-order valence-electron chi connectivity index (χ4n) is 2.81. The Labute approximate surface area is 155 Å². The van der Waals surface area contributed by atoms with Crippen LogP contribution in [0.4, 0.5) is 4.39 Å². The highest BCUT2D eigenvalue weighted by Crippen LogP contribution is 2.32. The number of aromatic amines is 1. The van der Waals surface area contributed by atoms with Crippen molar-refractivity contribution in [1.82, 2.24) is 14.5 Å². The number of fused-ring (bicyclic) bond motifs is 1. The van der Waals surface area contributed by atoms with E-state index in [-0.39, 0.29) is 26.3 Å². The fourth-order valence-corrected chi connectivity index (χ4v) is 3.72. The highest BCUT2D eigenvalue weighted by molar-refractivity contribution is 9.10. The highest BCUT2D eigenvalue weighted by Gasteiger charge is 2.21. The minimum Gasteiger partial charge on any atom is -0.273 e. The molecular formula is C17H14BrClFN3O2. The molecule has 0 aliphatic carbocycles. The summed E-state index contributed by atoms with van der Waals surface area (Å²) in [6.07, 6.45) is 1.66. The zero-order valence-electron chi connectivity index (χ0n) is 13.7. The summed E-state index contributed by atoms with van der Waals surface area (Å²) in [4.78, 5) is 31.5. The van der Waals surface area contributed by atoms with E-state index in [4.69, 9.17) is 11.6 Å². The molecule has 0 amide bonds. The summed E-state index contributed by atoms with van der Waals surface area (Å²) in [6.45, 7) is 5.74. The number of aryl methyl sites for hydroxylation is 1. The Morgan fingerprint density at radius 3 is 2.68 bits per heavy atom. The van der Waals surface area contributed by atoms with Gasteiger partial charge in [-0.15, -0.1) is 0 Å². The molecule has 0 unspecified atom stereocenters. The number of rotatable bonds is 2. The number of aromatic nitrogens is 3. The molecule has 8 heteroatoms. The predicted octanol–water partition coefficient (Wildman–Crippen LogP) is 4.06. The second-order valence-electron chi connectivity index (χ2n) is 5.99. The molecule has 130 valence electrons. The number of nitrogens with one attached hydrogen (secondary N) is 1. The summed E-state index contributed by atoms with van der Waals surface area (Å²) < 4.78 is 15.4. The minimum absolute atomic E-state index is 0.0134. The molecule has 2 heterocycles. The lowest BCUT2D eigenvalue weighted by Crippen LogP contribution is -2.31. The molecule has 3 aromatic rings. The van der Waals surface area contributed by atoms with Gasteiger partial charge >= 0.3 is 5.69 Å². The van der Waals surface area contributed by atoms with Crippen LogP contribution in [0, 0.1) is 12.7 Å². The second-order valence-corrected chi connectivity index (χ2v) is 7.19. The van der Waals surface area contributed by atoms with E-state index in [1.807, 2.05) is 20.8 Å². The van der Waals surface area contributed by atoms with Gasteiger partial charge in [-0.3, -0.25) is 19.3 Å². The van der Waals surface area contributed by atoms with Crippen LogP contribution < -0.4 is 11.2 Å². The maximum atomic E-state index is 14.1. The van der Waals surface area contributed by atoms with Gasteiger partial charge in [0.2, 0.25) is 0 Å². The van der Waals surface area contributed by atoms with E-state index < -0.39 is 17.1 Å². The van der Waals surface area contributed by atoms with Crippen LogP contribution in [0.5, 0.6) is 0 Å². The third-order valence-electron chi connectivity index (χ3n) is 3.96. The van der Waals surface area contributed by atoms with Gasteiger partial charge < -0.3 is 0 Å². The van der Waals surface area contributed by atoms with Gasteiger partial charge in [0.15, 0.2) is 5.82 Å². The van der Waals surface area contributed by atoms with Crippen LogP contribution in [-0.2, 0) is 0 Å². The molecular weight excluding hydrogens is 413 g/mol. The molecule has 0 aliphatic heterocycles. The summed E-state index contributed by atoms with van der Waals surface area (Å²) in [6, 6.07) is 3.05. The van der Waals surface area contributed by atoms with Crippen molar-refractivity contribution < 1.29 is 4.39 Å². The number of hydrogen-bond donors (Lipinski definition) is 1. The Balaban J connectivity index is 2.61. The molecule has 3 rings (SSSR count). The van der Waals surface area contributed by atoms with Gasteiger partial charge in [-0.25, -0.2) is 9.18 Å². The maximum Gasteiger partial charge on any atom is 0.333 e. The van der Waals surface area contributed by atoms with Crippen molar-refractivity contribution in [2.24, 2.45) is 0 Å². The van der Waals surface area contributed by atoms with Gasteiger partial charge in [0.25, 0.3) is 5.56 Å². The van der Waals surface area contributed by atoms with Gasteiger partial charge in [0, 0.05) is 6.20 Å². The molecule has 2 aromatic heterocycles. The molecule has 0 bridgehead atoms. The Morgan fingerprint density at radius 1 is 1.36 bits per heavy atom. The van der Waals surface area contributed by atoms with Crippen LogP contribution in [-0.4, -0.2) is 14.5 Å². The van der Waals surface area contributed by atoms with Gasteiger partial charge in [-0.2, -0.15) is 0 Å². The van der Waals surface area contributed by atoms with E-state index in [9.17, 15) is 14.0 Å². The molecule has 1 aromatic carbocycles. The van der Waals surface area contributed by atoms with Crippen molar-refractivity contribution in [2.75, 3.05) is 0 Å². The van der Waals surface area contributed by atoms with E-state index in [0.717, 1.165) is 5.56 Å². The van der Waals surface area contributed by atoms with Crippen molar-refractivity contribution in [1.29, 1.82) is 0 Å². The van der Waals surface area contributed by atoms with Crippen LogP contribution in [0.1, 0.15) is 31.0 Å². The molecule has 1 N–H and O–H groups in total. The molecule has 0 radical (unpaired) electrons. The molecule has 5 nitrogen and oxygen atoms in total. The molecule has 0 saturated carbocycles. The quantitative estimate of drug-likeness (QED) is 0.628. The van der Waals surface area contributed by atoms with E-state index in [1.54, 1.807) is 12.3 Å². The van der Waals surface area contributed by atoms with E-state index >= 15 is 0 Å². The van der Waals surface area contributed by atoms with Crippen molar-refractivity contribution in [3.8, 4) is 5.69 Å². The van der Waals surface area contributed by atoms with E-state index in [0.29, 0.717) is 11.4 Å². The van der Waals surface area contributed by atoms with Crippen LogP contribution in [0.15, 0.2) is 32.4 Å². The van der Waals surface area contributed by atoms with Gasteiger partial charge in [-0.05, 0) is 46.5 Å². The monoisotopic (exact) mass is 425 g/mol. The summed E-state index contributed by atoms with van der Waals surface area (Å²) >= 11 is 9.02. The molecule has 0 atom stereocenters. The number of halogens is 3. The topological polar surface area (TPSA) is 67.8 Å². The second kappa shape index (κ2) is 6.38. The van der Waals surface area contributed by atoms with Crippen molar-refractivity contribution >= 4 is 38.4 Å². The molecule has 25 heavy (non-hydrogen) atoms. The van der Waals surface area contributed by atoms with Crippen molar-refractivity contribution in [3.63, 3.8) is 0 Å². The van der Waals surface area contributed by atoms with Crippen LogP contribution in [0.3, 0.4) is 0 Å². The maximum absolute atomic E-state index is 14.1. The summed E-state index contributed by atoms with van der Waals surface area (Å²) in [5.41, 5.74) is 0.928. The summed E-state index contributed by atoms with van der Waals surface area (Å²) in [7, 11) is 0. The van der Waals surface area contributed by atoms with Gasteiger partial charge in [-0.1, -0.05) is 25.4 Å². The summed E-state index contributed by atoms with van der Waals surface area (Å²) in [5.74, 6) is -0.722. The SMILES string of the molecule is Cc1ccnc(C(C)C)c1-n1c(=O)[nH]c(=O)c2c(Br)c(F)c(Cl)cc21. The summed E-state index contributed by atoms with van der Waals surface area (Å²) in [5, 5.41) is -0.176. The first kappa shape index (κ1) is 17.8. The first-order valence-electron chi connectivity index (χ1n) is 7.52. The highest BCUT2D eigenvalue weighted by atomic mass is 79.9. The average Bonchev–Trinajstić information content (AvgIpc) is 2.53. The van der Waals surface area contributed by atoms with Gasteiger partial charge in [0.1, 0.15) is 0 Å². The molecule has 0 spiro atoms. The number of hydrogen-bond acceptors (Lipinski definition) is 3. The number of nitrogens with zero attached hydrogens (tertiary/aromatic N) is 2. The normalized spacial score (nSPS) is 11.5. The zero-order valence-corrected chi connectivity index (χ0v) is 16.0. The fraction of sp³-hybridized carbons (Fsp3) is 0.235. The Morgan fingerprint density at radius 2 is 2.04 bits per heavy atom. The van der Waals surface area contributed by atoms with Crippen LogP contribution >= 0.6 is 27.5 Å². The van der Waals surface area contributed by atoms with Crippen molar-refractivity contribution in [3.05, 3.63) is 65.7 Å². The predicted molar refractivity (Wildman–Crippen MR) is 99.5 cm³/mol. The minimum atomic E-state index is -0.753. The van der Waals surface area contributed by atoms with Crippen LogP contribution in [0.2, 0.25) is 5.02 Å². The smallest absolute Gasteiger partial charge is 0.273 e. The molecule has 0 fully saturated rings. The standard InChI is InChI=1S/C17H14BrClFN3O2/c1-7(2)14-15(8(3)4-5-21-14)23-10-6-9(19)13(20)12(18)11(10)16(24)22-17(23)25/h4-7H,1-3H3,(H,22,24,25). The Bertz CT molecular complexity index is 1120. The first-order chi connectivity index (χ1) is 11.7. The molecule has 0 aliphatic rings.